The van der Waals surface area contributed by atoms with E-state index in [1.807, 2.05) is 30.3 Å². The number of amides is 1. The number of hydrogen-bond donors (Lipinski definition) is 1. The van der Waals surface area contributed by atoms with Gasteiger partial charge in [-0.05, 0) is 42.7 Å². The molecule has 0 aliphatic heterocycles. The van der Waals surface area contributed by atoms with Gasteiger partial charge in [-0.25, -0.2) is 5.43 Å². The van der Waals surface area contributed by atoms with Gasteiger partial charge < -0.3 is 4.74 Å². The van der Waals surface area contributed by atoms with Crippen LogP contribution in [0.15, 0.2) is 64.2 Å². The summed E-state index contributed by atoms with van der Waals surface area (Å²) in [4.78, 5) is 11.6. The molecule has 2 aromatic carbocycles. The van der Waals surface area contributed by atoms with E-state index < -0.39 is 0 Å². The van der Waals surface area contributed by atoms with E-state index in [0.717, 1.165) is 17.3 Å². The van der Waals surface area contributed by atoms with Crippen molar-refractivity contribution >= 4 is 28.1 Å². The van der Waals surface area contributed by atoms with Gasteiger partial charge in [0.25, 0.3) is 5.91 Å². The largest absolute Gasteiger partial charge is 0.484 e. The Hall–Kier alpha value is -2.14. The molecule has 1 amide bonds. The quantitative estimate of drug-likeness (QED) is 0.606. The zero-order chi connectivity index (χ0) is 15.6. The van der Waals surface area contributed by atoms with Crippen LogP contribution in [-0.2, 0) is 11.2 Å². The molecule has 0 heterocycles. The minimum Gasteiger partial charge on any atom is -0.484 e. The van der Waals surface area contributed by atoms with Crippen molar-refractivity contribution in [2.45, 2.75) is 12.8 Å². The molecular formula is C17H17BrN2O2. The molecule has 0 aliphatic carbocycles. The van der Waals surface area contributed by atoms with E-state index in [2.05, 4.69) is 38.6 Å². The van der Waals surface area contributed by atoms with Crippen molar-refractivity contribution < 1.29 is 9.53 Å². The molecule has 0 aromatic heterocycles. The van der Waals surface area contributed by atoms with E-state index in [4.69, 9.17) is 4.74 Å². The highest BCUT2D eigenvalue weighted by Crippen LogP contribution is 2.15. The van der Waals surface area contributed by atoms with Crippen LogP contribution in [0.3, 0.4) is 0 Å². The summed E-state index contributed by atoms with van der Waals surface area (Å²) in [6.07, 6.45) is 3.37. The van der Waals surface area contributed by atoms with Crippen LogP contribution in [0.5, 0.6) is 5.75 Å². The topological polar surface area (TPSA) is 50.7 Å². The number of carbonyl (C=O) groups is 1. The number of rotatable bonds is 7. The summed E-state index contributed by atoms with van der Waals surface area (Å²) in [5.41, 5.74) is 3.70. The van der Waals surface area contributed by atoms with Crippen molar-refractivity contribution in [2.75, 3.05) is 6.61 Å². The summed E-state index contributed by atoms with van der Waals surface area (Å²) in [5.74, 6) is 0.366. The Labute approximate surface area is 138 Å². The minimum atomic E-state index is -0.279. The first kappa shape index (κ1) is 16.2. The summed E-state index contributed by atoms with van der Waals surface area (Å²) in [7, 11) is 0. The molecule has 0 radical (unpaired) electrons. The first-order chi connectivity index (χ1) is 10.7. The smallest absolute Gasteiger partial charge is 0.277 e. The molecule has 0 spiro atoms. The lowest BCUT2D eigenvalue weighted by Gasteiger charge is -2.04. The van der Waals surface area contributed by atoms with Crippen LogP contribution < -0.4 is 10.2 Å². The highest BCUT2D eigenvalue weighted by atomic mass is 79.9. The lowest BCUT2D eigenvalue weighted by Crippen LogP contribution is -2.24. The van der Waals surface area contributed by atoms with E-state index in [-0.39, 0.29) is 12.5 Å². The summed E-state index contributed by atoms with van der Waals surface area (Å²) >= 11 is 3.34. The fourth-order valence-corrected chi connectivity index (χ4v) is 2.03. The second kappa shape index (κ2) is 9.00. The van der Waals surface area contributed by atoms with E-state index in [1.54, 1.807) is 18.3 Å². The van der Waals surface area contributed by atoms with Gasteiger partial charge in [0.2, 0.25) is 0 Å². The maximum Gasteiger partial charge on any atom is 0.277 e. The van der Waals surface area contributed by atoms with Crippen molar-refractivity contribution in [1.82, 2.24) is 5.43 Å². The number of nitrogens with one attached hydrogen (secondary N) is 1. The van der Waals surface area contributed by atoms with E-state index >= 15 is 0 Å². The first-order valence-electron chi connectivity index (χ1n) is 6.97. The number of nitrogens with zero attached hydrogens (tertiary/aromatic N) is 1. The van der Waals surface area contributed by atoms with Crippen LogP contribution in [0.2, 0.25) is 0 Å². The van der Waals surface area contributed by atoms with Crippen LogP contribution in [0, 0.1) is 0 Å². The highest BCUT2D eigenvalue weighted by Gasteiger charge is 2.00. The van der Waals surface area contributed by atoms with Gasteiger partial charge >= 0.3 is 0 Å². The average molecular weight is 361 g/mol. The van der Waals surface area contributed by atoms with Gasteiger partial charge in [-0.3, -0.25) is 4.79 Å². The second-order valence-corrected chi connectivity index (χ2v) is 5.53. The molecule has 1 N–H and O–H groups in total. The number of benzene rings is 2. The third-order valence-corrected chi connectivity index (χ3v) is 3.40. The molecule has 0 bridgehead atoms. The minimum absolute atomic E-state index is 0.0579. The van der Waals surface area contributed by atoms with E-state index in [9.17, 15) is 4.79 Å². The maximum atomic E-state index is 11.6. The van der Waals surface area contributed by atoms with Gasteiger partial charge in [-0.2, -0.15) is 5.10 Å². The Morgan fingerprint density at radius 1 is 1.14 bits per heavy atom. The predicted octanol–water partition coefficient (Wildman–Crippen LogP) is 3.56. The lowest BCUT2D eigenvalue weighted by atomic mass is 10.1. The Balaban J connectivity index is 1.63. The Kier molecular flexibility index (Phi) is 6.64. The third kappa shape index (κ3) is 6.10. The van der Waals surface area contributed by atoms with Gasteiger partial charge in [-0.1, -0.05) is 46.3 Å². The molecule has 0 unspecified atom stereocenters. The Morgan fingerprint density at radius 2 is 1.86 bits per heavy atom. The van der Waals surface area contributed by atoms with Crippen molar-refractivity contribution in [3.05, 3.63) is 64.6 Å². The highest BCUT2D eigenvalue weighted by molar-refractivity contribution is 9.10. The Morgan fingerprint density at radius 3 is 2.59 bits per heavy atom. The zero-order valence-electron chi connectivity index (χ0n) is 12.0. The van der Waals surface area contributed by atoms with Crippen LogP contribution in [-0.4, -0.2) is 18.7 Å². The molecule has 0 fully saturated rings. The first-order valence-corrected chi connectivity index (χ1v) is 7.76. The van der Waals surface area contributed by atoms with Crippen molar-refractivity contribution in [3.8, 4) is 5.75 Å². The lowest BCUT2D eigenvalue weighted by molar-refractivity contribution is -0.123. The molecule has 114 valence electrons. The fourth-order valence-electron chi connectivity index (χ4n) is 1.77. The van der Waals surface area contributed by atoms with Crippen LogP contribution in [0.25, 0.3) is 0 Å². The van der Waals surface area contributed by atoms with Crippen molar-refractivity contribution in [3.63, 3.8) is 0 Å². The second-order valence-electron chi connectivity index (χ2n) is 4.61. The van der Waals surface area contributed by atoms with Crippen LogP contribution in [0.1, 0.15) is 12.0 Å². The molecule has 2 rings (SSSR count). The SMILES string of the molecule is O=C(COc1ccc(Br)cc1)N/N=C/CCc1ccccc1. The predicted molar refractivity (Wildman–Crippen MR) is 91.0 cm³/mol. The number of carbonyl (C=O) groups excluding carboxylic acids is 1. The monoisotopic (exact) mass is 360 g/mol. The normalized spacial score (nSPS) is 10.6. The summed E-state index contributed by atoms with van der Waals surface area (Å²) in [6.45, 7) is -0.0579. The molecule has 0 atom stereocenters. The molecule has 0 saturated heterocycles. The molecule has 5 heteroatoms. The van der Waals surface area contributed by atoms with Crippen LogP contribution in [0.4, 0.5) is 0 Å². The molecule has 2 aromatic rings. The third-order valence-electron chi connectivity index (χ3n) is 2.87. The number of ether oxygens (including phenoxy) is 1. The van der Waals surface area contributed by atoms with Crippen molar-refractivity contribution in [1.29, 1.82) is 0 Å². The summed E-state index contributed by atoms with van der Waals surface area (Å²) < 4.78 is 6.31. The van der Waals surface area contributed by atoms with E-state index in [0.29, 0.717) is 5.75 Å². The van der Waals surface area contributed by atoms with Gasteiger partial charge in [0.1, 0.15) is 5.75 Å². The summed E-state index contributed by atoms with van der Waals surface area (Å²) in [5, 5.41) is 3.90. The standard InChI is InChI=1S/C17H17BrN2O2/c18-15-8-10-16(11-9-15)22-13-17(21)20-19-12-4-7-14-5-2-1-3-6-14/h1-3,5-6,8-12H,4,7,13H2,(H,20,21)/b19-12+. The van der Waals surface area contributed by atoms with Crippen LogP contribution >= 0.6 is 15.9 Å². The van der Waals surface area contributed by atoms with E-state index in [1.165, 1.54) is 5.56 Å². The van der Waals surface area contributed by atoms with Crippen molar-refractivity contribution in [2.24, 2.45) is 5.10 Å². The molecular weight excluding hydrogens is 344 g/mol. The zero-order valence-corrected chi connectivity index (χ0v) is 13.6. The van der Waals surface area contributed by atoms with Gasteiger partial charge in [0.15, 0.2) is 6.61 Å². The number of halogens is 1. The van der Waals surface area contributed by atoms with Gasteiger partial charge in [-0.15, -0.1) is 0 Å². The Bertz CT molecular complexity index is 612. The molecule has 0 saturated carbocycles. The van der Waals surface area contributed by atoms with Gasteiger partial charge in [0.05, 0.1) is 0 Å². The molecule has 0 aliphatic rings. The average Bonchev–Trinajstić information content (AvgIpc) is 2.55. The number of aryl methyl sites for hydroxylation is 1. The summed E-state index contributed by atoms with van der Waals surface area (Å²) in [6, 6.07) is 17.4. The molecule has 22 heavy (non-hydrogen) atoms. The fraction of sp³-hybridized carbons (Fsp3) is 0.176. The maximum absolute atomic E-state index is 11.6. The molecule has 4 nitrogen and oxygen atoms in total. The van der Waals surface area contributed by atoms with Gasteiger partial charge in [0, 0.05) is 10.7 Å². The number of hydrogen-bond acceptors (Lipinski definition) is 3. The number of hydrazone groups is 1.